The normalized spacial score (nSPS) is 13.1. The minimum absolute atomic E-state index is 0.132. The summed E-state index contributed by atoms with van der Waals surface area (Å²) in [6.45, 7) is -0.401. The summed E-state index contributed by atoms with van der Waals surface area (Å²) in [7, 11) is 0. The van der Waals surface area contributed by atoms with Gasteiger partial charge in [-0.1, -0.05) is 0 Å². The molecular formula is C29H21F2N11O7. The van der Waals surface area contributed by atoms with Gasteiger partial charge in [0.15, 0.2) is 34.6 Å². The van der Waals surface area contributed by atoms with E-state index in [9.17, 15) is 33.8 Å². The number of hydrazine groups is 2. The van der Waals surface area contributed by atoms with Gasteiger partial charge in [0, 0.05) is 24.9 Å². The summed E-state index contributed by atoms with van der Waals surface area (Å²) in [5.74, 6) is -6.46. The maximum absolute atomic E-state index is 15.1. The predicted octanol–water partition coefficient (Wildman–Crippen LogP) is 1.71. The number of amidine groups is 1. The van der Waals surface area contributed by atoms with Gasteiger partial charge < -0.3 is 25.6 Å². The number of imidazole rings is 1. The van der Waals surface area contributed by atoms with Gasteiger partial charge in [-0.3, -0.25) is 14.2 Å². The maximum Gasteiger partial charge on any atom is 0.337 e. The Morgan fingerprint density at radius 3 is 2.37 bits per heavy atom. The zero-order valence-corrected chi connectivity index (χ0v) is 24.6. The van der Waals surface area contributed by atoms with E-state index in [1.54, 1.807) is 10.8 Å². The molecule has 0 saturated carbocycles. The molecule has 0 aliphatic carbocycles. The van der Waals surface area contributed by atoms with Gasteiger partial charge in [0.05, 0.1) is 29.1 Å². The number of nitrogens with one attached hydrogen (secondary N) is 4. The van der Waals surface area contributed by atoms with Crippen LogP contribution in [0.25, 0.3) is 5.82 Å². The number of rotatable bonds is 11. The largest absolute Gasteiger partial charge is 0.490 e. The third-order valence-electron chi connectivity index (χ3n) is 6.87. The van der Waals surface area contributed by atoms with Crippen LogP contribution < -0.4 is 26.4 Å². The van der Waals surface area contributed by atoms with Crippen LogP contribution in [0.2, 0.25) is 0 Å². The number of fused-ring (bicyclic) bond motifs is 1. The van der Waals surface area contributed by atoms with E-state index in [4.69, 9.17) is 4.74 Å². The van der Waals surface area contributed by atoms with E-state index >= 15 is 4.39 Å². The summed E-state index contributed by atoms with van der Waals surface area (Å²) in [4.78, 5) is 53.2. The quantitative estimate of drug-likeness (QED) is 0.133. The van der Waals surface area contributed by atoms with Crippen molar-refractivity contribution in [1.82, 2.24) is 35.9 Å². The Hall–Kier alpha value is -7.09. The molecule has 20 heteroatoms. The van der Waals surface area contributed by atoms with Crippen molar-refractivity contribution in [2.75, 3.05) is 17.2 Å². The molecule has 0 radical (unpaired) electrons. The Bertz CT molecular complexity index is 2080. The average molecular weight is 674 g/mol. The van der Waals surface area contributed by atoms with Crippen molar-refractivity contribution in [3.05, 3.63) is 101 Å². The van der Waals surface area contributed by atoms with Crippen molar-refractivity contribution in [3.63, 3.8) is 0 Å². The number of nitrogens with zero attached hydrogens (tertiary/aromatic N) is 7. The summed E-state index contributed by atoms with van der Waals surface area (Å²) >= 11 is 0. The maximum atomic E-state index is 15.1. The van der Waals surface area contributed by atoms with E-state index in [-0.39, 0.29) is 34.8 Å². The first-order valence-electron chi connectivity index (χ1n) is 13.9. The second-order valence-electron chi connectivity index (χ2n) is 10.0. The molecule has 0 fully saturated rings. The molecule has 0 saturated heterocycles. The van der Waals surface area contributed by atoms with E-state index in [0.29, 0.717) is 17.7 Å². The van der Waals surface area contributed by atoms with Crippen LogP contribution in [-0.2, 0) is 11.2 Å². The lowest BCUT2D eigenvalue weighted by molar-refractivity contribution is -0.110. The summed E-state index contributed by atoms with van der Waals surface area (Å²) < 4.78 is 36.9. The number of ether oxygens (including phenoxy) is 1. The predicted molar refractivity (Wildman–Crippen MR) is 164 cm³/mol. The average Bonchev–Trinajstić information content (AvgIpc) is 3.79. The van der Waals surface area contributed by atoms with Gasteiger partial charge in [-0.05, 0) is 48.0 Å². The fraction of sp³-hybridized carbons (Fsp3) is 0.0690. The van der Waals surface area contributed by atoms with Gasteiger partial charge in [0.2, 0.25) is 0 Å². The highest BCUT2D eigenvalue weighted by molar-refractivity contribution is 6.48. The smallest absolute Gasteiger partial charge is 0.337 e. The number of anilines is 2. The molecule has 2 aliphatic heterocycles. The van der Waals surface area contributed by atoms with E-state index < -0.39 is 58.9 Å². The summed E-state index contributed by atoms with van der Waals surface area (Å²) in [5.41, 5.74) is 2.81. The molecule has 0 bridgehead atoms. The number of halogens is 2. The van der Waals surface area contributed by atoms with Gasteiger partial charge in [-0.15, -0.1) is 25.9 Å². The molecule has 6 rings (SSSR count). The fourth-order valence-corrected chi connectivity index (χ4v) is 4.49. The Labute approximate surface area is 272 Å². The van der Waals surface area contributed by atoms with Crippen LogP contribution in [0.5, 0.6) is 5.75 Å². The molecule has 0 unspecified atom stereocenters. The number of carboxylic acid groups (broad SMARTS) is 2. The molecule has 4 aromatic rings. The van der Waals surface area contributed by atoms with Crippen LogP contribution in [0.1, 0.15) is 36.8 Å². The van der Waals surface area contributed by atoms with Crippen LogP contribution in [0.4, 0.5) is 20.2 Å². The first-order valence-corrected chi connectivity index (χ1v) is 13.9. The minimum Gasteiger partial charge on any atom is -0.490 e. The van der Waals surface area contributed by atoms with Crippen molar-refractivity contribution in [2.24, 2.45) is 10.2 Å². The number of hydrogen-bond acceptors (Lipinski definition) is 13. The molecule has 2 aromatic heterocycles. The molecular weight excluding hydrogens is 652 g/mol. The lowest BCUT2D eigenvalue weighted by Crippen LogP contribution is -2.40. The van der Waals surface area contributed by atoms with Crippen molar-refractivity contribution in [1.29, 1.82) is 0 Å². The highest BCUT2D eigenvalue weighted by atomic mass is 19.1. The molecule has 18 nitrogen and oxygen atoms in total. The Morgan fingerprint density at radius 1 is 0.898 bits per heavy atom. The number of benzene rings is 2. The molecule has 248 valence electrons. The molecule has 2 aromatic carbocycles. The number of carboxylic acids is 2. The zero-order chi connectivity index (χ0) is 34.7. The van der Waals surface area contributed by atoms with Crippen LogP contribution in [0, 0.1) is 11.6 Å². The first-order chi connectivity index (χ1) is 23.6. The number of hydrazone groups is 2. The standard InChI is InChI=1S/C29H21F2N11O7/c30-17-11-21(33-27(44)20-2-4-25-37-39-40-42(25)38-20)15(28(45)46)9-14(17)5-8-49-23-12-22(16(29(47)48)10-18(23)31)34-26(43)19-1-3-24(36-35-19)41-7-6-32-13-41/h1-4,6-7,9-13,39-40H,5,8H2,(H,33,44)(H,34,43)(H,45,46)(H,47,48). The Kier molecular flexibility index (Phi) is 8.67. The Morgan fingerprint density at radius 2 is 1.65 bits per heavy atom. The SMILES string of the molecule is O=C(Nc1cc(F)c(CCOc2cc(NC(=O)c3ccc(-n4ccnc4)nn3)c(C(=O)O)cc2F)cc1C(=O)O)C1=NN2NNN=C2C=C1. The van der Waals surface area contributed by atoms with Crippen LogP contribution in [-0.4, -0.2) is 77.0 Å². The van der Waals surface area contributed by atoms with Crippen LogP contribution in [0.3, 0.4) is 0 Å². The number of aromatic nitrogens is 4. The van der Waals surface area contributed by atoms with E-state index in [0.717, 1.165) is 23.3 Å². The summed E-state index contributed by atoms with van der Waals surface area (Å²) in [6, 6.07) is 6.19. The fourth-order valence-electron chi connectivity index (χ4n) is 4.49. The van der Waals surface area contributed by atoms with E-state index in [2.05, 4.69) is 47.1 Å². The van der Waals surface area contributed by atoms with Crippen molar-refractivity contribution in [3.8, 4) is 11.6 Å². The summed E-state index contributed by atoms with van der Waals surface area (Å²) in [5, 5.41) is 40.7. The number of carbonyl (C=O) groups excluding carboxylic acids is 2. The third kappa shape index (κ3) is 6.88. The van der Waals surface area contributed by atoms with Crippen LogP contribution in [0.15, 0.2) is 77.5 Å². The van der Waals surface area contributed by atoms with Gasteiger partial charge in [0.25, 0.3) is 11.8 Å². The molecule has 49 heavy (non-hydrogen) atoms. The summed E-state index contributed by atoms with van der Waals surface area (Å²) in [6.07, 6.45) is 7.12. The van der Waals surface area contributed by atoms with E-state index in [1.807, 2.05) is 0 Å². The molecule has 0 atom stereocenters. The Balaban J connectivity index is 1.14. The minimum atomic E-state index is -1.55. The highest BCUT2D eigenvalue weighted by Crippen LogP contribution is 2.28. The third-order valence-corrected chi connectivity index (χ3v) is 6.87. The topological polar surface area (TPSA) is 238 Å². The van der Waals surface area contributed by atoms with Crippen molar-refractivity contribution >= 4 is 46.7 Å². The second-order valence-corrected chi connectivity index (χ2v) is 10.0. The van der Waals surface area contributed by atoms with Crippen molar-refractivity contribution < 1.29 is 42.9 Å². The number of carbonyl (C=O) groups is 4. The van der Waals surface area contributed by atoms with Gasteiger partial charge in [-0.25, -0.2) is 28.9 Å². The molecule has 6 N–H and O–H groups in total. The number of aromatic carboxylic acids is 2. The number of hydrogen-bond donors (Lipinski definition) is 6. The first kappa shape index (κ1) is 31.9. The molecule has 2 amide bonds. The van der Waals surface area contributed by atoms with Gasteiger partial charge in [-0.2, -0.15) is 5.12 Å². The number of amides is 2. The lowest BCUT2D eigenvalue weighted by atomic mass is 10.0. The van der Waals surface area contributed by atoms with E-state index in [1.165, 1.54) is 36.8 Å². The highest BCUT2D eigenvalue weighted by Gasteiger charge is 2.24. The molecule has 4 heterocycles. The second kappa shape index (κ2) is 13.3. The van der Waals surface area contributed by atoms with Crippen molar-refractivity contribution in [2.45, 2.75) is 6.42 Å². The monoisotopic (exact) mass is 673 g/mol. The lowest BCUT2D eigenvalue weighted by Gasteiger charge is -2.16. The van der Waals surface area contributed by atoms with Crippen LogP contribution >= 0.6 is 0 Å². The van der Waals surface area contributed by atoms with Gasteiger partial charge >= 0.3 is 11.9 Å². The van der Waals surface area contributed by atoms with Gasteiger partial charge in [0.1, 0.15) is 12.1 Å². The molecule has 2 aliphatic rings. The zero-order valence-electron chi connectivity index (χ0n) is 24.6. The molecule has 0 spiro atoms.